The number of rotatable bonds is 0. The number of benzene rings is 3. The van der Waals surface area contributed by atoms with E-state index in [1.54, 1.807) is 0 Å². The zero-order valence-electron chi connectivity index (χ0n) is 15.7. The van der Waals surface area contributed by atoms with Crippen molar-refractivity contribution in [2.24, 2.45) is 0 Å². The zero-order valence-corrected chi connectivity index (χ0v) is 16.7. The first-order valence-electron chi connectivity index (χ1n) is 9.30. The Morgan fingerprint density at radius 3 is 1.26 bits per heavy atom. The predicted octanol–water partition coefficient (Wildman–Crippen LogP) is 3.11. The summed E-state index contributed by atoms with van der Waals surface area (Å²) in [6.45, 7) is 6.97. The second kappa shape index (κ2) is 5.67. The van der Waals surface area contributed by atoms with Gasteiger partial charge in [-0.1, -0.05) is 75.4 Å². The van der Waals surface area contributed by atoms with Gasteiger partial charge in [-0.3, -0.25) is 0 Å². The quantitative estimate of drug-likeness (QED) is 0.568. The molecule has 0 fully saturated rings. The molecule has 3 aliphatic rings. The van der Waals surface area contributed by atoms with Gasteiger partial charge in [0.25, 0.3) is 0 Å². The molecule has 27 heavy (non-hydrogen) atoms. The van der Waals surface area contributed by atoms with Crippen molar-refractivity contribution in [3.05, 3.63) is 72.8 Å². The number of hydrogen-bond donors (Lipinski definition) is 0. The van der Waals surface area contributed by atoms with Crippen LogP contribution in [0.25, 0.3) is 0 Å². The highest BCUT2D eigenvalue weighted by Crippen LogP contribution is 2.42. The van der Waals surface area contributed by atoms with Gasteiger partial charge < -0.3 is 14.0 Å². The van der Waals surface area contributed by atoms with Crippen LogP contribution in [-0.4, -0.2) is 15.4 Å². The summed E-state index contributed by atoms with van der Waals surface area (Å²) >= 11 is 0. The molecule has 134 valence electrons. The fourth-order valence-corrected chi connectivity index (χ4v) is 10.5. The van der Waals surface area contributed by atoms with Crippen molar-refractivity contribution in [2.45, 2.75) is 25.8 Å². The molecule has 0 saturated heterocycles. The fourth-order valence-electron chi connectivity index (χ4n) is 4.67. The van der Waals surface area contributed by atoms with Gasteiger partial charge in [-0.2, -0.15) is 0 Å². The lowest BCUT2D eigenvalue weighted by atomic mass is 10.1. The molecule has 0 radical (unpaired) electrons. The molecule has 0 N–H and O–H groups in total. The van der Waals surface area contributed by atoms with Crippen LogP contribution in [0.5, 0.6) is 17.2 Å². The van der Waals surface area contributed by atoms with E-state index >= 15 is 0 Å². The van der Waals surface area contributed by atoms with Crippen LogP contribution >= 0.6 is 0 Å². The van der Waals surface area contributed by atoms with Gasteiger partial charge in [-0.15, -0.1) is 0 Å². The average Bonchev–Trinajstić information content (AvgIpc) is 2.61. The van der Waals surface area contributed by atoms with E-state index in [-0.39, 0.29) is 5.04 Å². The smallest absolute Gasteiger partial charge is 0.490 e. The molecular weight excluding hydrogens is 351 g/mol. The lowest BCUT2D eigenvalue weighted by Crippen LogP contribution is -2.74. The second-order valence-electron chi connectivity index (χ2n) is 8.13. The summed E-state index contributed by atoms with van der Waals surface area (Å²) in [5, 5.41) is 3.77. The average molecular weight is 372 g/mol. The summed E-state index contributed by atoms with van der Waals surface area (Å²) in [5.74, 6) is 2.56. The Kier molecular flexibility index (Phi) is 3.47. The Hall–Kier alpha value is -2.66. The third-order valence-corrected chi connectivity index (χ3v) is 11.6. The van der Waals surface area contributed by atoms with Crippen molar-refractivity contribution in [3.8, 4) is 17.2 Å². The summed E-state index contributed by atoms with van der Waals surface area (Å²) in [6, 6.07) is 25.2. The van der Waals surface area contributed by atoms with Crippen LogP contribution in [0.2, 0.25) is 5.04 Å². The molecular formula is C22H21BO3Si. The molecule has 6 rings (SSSR count). The molecule has 3 aliphatic heterocycles. The van der Waals surface area contributed by atoms with Crippen molar-refractivity contribution < 1.29 is 14.0 Å². The van der Waals surface area contributed by atoms with E-state index in [0.29, 0.717) is 0 Å². The largest absolute Gasteiger partial charge is 0.864 e. The number of para-hydroxylation sites is 3. The van der Waals surface area contributed by atoms with Crippen LogP contribution in [0.3, 0.4) is 0 Å². The minimum atomic E-state index is -2.57. The van der Waals surface area contributed by atoms with Crippen molar-refractivity contribution in [3.63, 3.8) is 0 Å². The maximum Gasteiger partial charge on any atom is 0.864 e. The normalized spacial score (nSPS) is 16.3. The van der Waals surface area contributed by atoms with Gasteiger partial charge in [0.05, 0.1) is 0 Å². The fraction of sp³-hybridized carbons (Fsp3) is 0.182. The molecule has 3 aromatic carbocycles. The standard InChI is InChI=1S/C22H21BO3Si/c1-22(2,3)27-19-13-7-4-10-16(19)24-23(25-17-11-5-8-14-20(17)27)26-18-12-6-9-15-21(18)27/h4-15H,1-3H3. The molecule has 0 amide bonds. The predicted molar refractivity (Wildman–Crippen MR) is 111 cm³/mol. The molecule has 0 unspecified atom stereocenters. The molecule has 0 saturated carbocycles. The Morgan fingerprint density at radius 2 is 0.926 bits per heavy atom. The summed E-state index contributed by atoms with van der Waals surface area (Å²) in [5.41, 5.74) is 0. The third kappa shape index (κ3) is 2.21. The highest BCUT2D eigenvalue weighted by molar-refractivity contribution is 7.14. The molecule has 3 nitrogen and oxygen atoms in total. The minimum absolute atomic E-state index is 0.0461. The molecule has 3 aromatic rings. The monoisotopic (exact) mass is 372 g/mol. The van der Waals surface area contributed by atoms with Gasteiger partial charge in [0, 0.05) is 0 Å². The van der Waals surface area contributed by atoms with Crippen LogP contribution in [0.1, 0.15) is 20.8 Å². The van der Waals surface area contributed by atoms with Crippen LogP contribution in [0.4, 0.5) is 0 Å². The molecule has 0 aromatic heterocycles. The summed E-state index contributed by atoms with van der Waals surface area (Å²) < 4.78 is 18.7. The first-order valence-corrected chi connectivity index (χ1v) is 11.3. The van der Waals surface area contributed by atoms with E-state index in [9.17, 15) is 0 Å². The summed E-state index contributed by atoms with van der Waals surface area (Å²) in [4.78, 5) is 0. The first-order chi connectivity index (χ1) is 13.0. The number of hydrogen-bond acceptors (Lipinski definition) is 3. The highest BCUT2D eigenvalue weighted by atomic mass is 28.3. The summed E-state index contributed by atoms with van der Waals surface area (Å²) in [7, 11) is -3.38. The van der Waals surface area contributed by atoms with Gasteiger partial charge in [0.2, 0.25) is 0 Å². The zero-order chi connectivity index (χ0) is 18.6. The van der Waals surface area contributed by atoms with Gasteiger partial charge in [0.1, 0.15) is 17.2 Å². The van der Waals surface area contributed by atoms with Crippen molar-refractivity contribution in [2.75, 3.05) is 0 Å². The minimum Gasteiger partial charge on any atom is -0.490 e. The van der Waals surface area contributed by atoms with Crippen LogP contribution in [-0.2, 0) is 0 Å². The molecule has 0 aliphatic carbocycles. The lowest BCUT2D eigenvalue weighted by molar-refractivity contribution is 0.307. The van der Waals surface area contributed by atoms with Crippen LogP contribution < -0.4 is 29.5 Å². The van der Waals surface area contributed by atoms with Crippen molar-refractivity contribution in [1.82, 2.24) is 0 Å². The van der Waals surface area contributed by atoms with Crippen molar-refractivity contribution >= 4 is 31.0 Å². The first kappa shape index (κ1) is 16.5. The van der Waals surface area contributed by atoms with Gasteiger partial charge in [-0.05, 0) is 38.8 Å². The maximum atomic E-state index is 6.23. The molecule has 0 spiro atoms. The third-order valence-electron chi connectivity index (χ3n) is 5.67. The summed E-state index contributed by atoms with van der Waals surface area (Å²) in [6.07, 6.45) is 0. The van der Waals surface area contributed by atoms with E-state index in [2.05, 4.69) is 57.2 Å². The topological polar surface area (TPSA) is 27.7 Å². The van der Waals surface area contributed by atoms with Crippen LogP contribution in [0, 0.1) is 0 Å². The highest BCUT2D eigenvalue weighted by Gasteiger charge is 2.57. The van der Waals surface area contributed by atoms with E-state index in [4.69, 9.17) is 14.0 Å². The van der Waals surface area contributed by atoms with Gasteiger partial charge >= 0.3 is 7.32 Å². The van der Waals surface area contributed by atoms with Gasteiger partial charge in [-0.25, -0.2) is 0 Å². The Bertz CT molecular complexity index is 907. The molecule has 2 bridgehead atoms. The molecule has 3 heterocycles. The molecule has 5 heteroatoms. The SMILES string of the molecule is CC(C)(C)[Si]12c3ccccc3OB(Oc3ccccc31)Oc1ccccc12. The van der Waals surface area contributed by atoms with E-state index in [0.717, 1.165) is 17.2 Å². The van der Waals surface area contributed by atoms with E-state index < -0.39 is 15.4 Å². The Morgan fingerprint density at radius 1 is 0.593 bits per heavy atom. The van der Waals surface area contributed by atoms with Crippen molar-refractivity contribution in [1.29, 1.82) is 0 Å². The van der Waals surface area contributed by atoms with E-state index in [1.165, 1.54) is 15.6 Å². The van der Waals surface area contributed by atoms with Crippen LogP contribution in [0.15, 0.2) is 72.8 Å². The Labute approximate surface area is 161 Å². The Balaban J connectivity index is 2.03. The van der Waals surface area contributed by atoms with Gasteiger partial charge in [0.15, 0.2) is 8.07 Å². The lowest BCUT2D eigenvalue weighted by Gasteiger charge is -2.48. The molecule has 0 atom stereocenters. The van der Waals surface area contributed by atoms with E-state index in [1.807, 2.05) is 36.4 Å². The second-order valence-corrected chi connectivity index (χ2v) is 12.7. The maximum absolute atomic E-state index is 6.23.